The number of hydrogen-bond donors (Lipinski definition) is 2. The first-order valence-corrected chi connectivity index (χ1v) is 7.66. The molecular weight excluding hydrogens is 226 g/mol. The van der Waals surface area contributed by atoms with Gasteiger partial charge in [0.15, 0.2) is 0 Å². The fraction of sp³-hybridized carbons (Fsp3) is 1.00. The van der Waals surface area contributed by atoms with E-state index in [1.54, 1.807) is 7.11 Å². The third-order valence-corrected chi connectivity index (χ3v) is 5.50. The van der Waals surface area contributed by atoms with E-state index in [0.29, 0.717) is 12.1 Å². The van der Waals surface area contributed by atoms with Gasteiger partial charge in [-0.1, -0.05) is 0 Å². The number of methoxy groups -OCH3 is 1. The summed E-state index contributed by atoms with van der Waals surface area (Å²) in [7, 11) is 1.75. The van der Waals surface area contributed by atoms with E-state index in [-0.39, 0.29) is 6.61 Å². The third kappa shape index (κ3) is 2.45. The number of ether oxygens (including phenoxy) is 1. The van der Waals surface area contributed by atoms with Crippen molar-refractivity contribution in [3.05, 3.63) is 0 Å². The molecule has 0 radical (unpaired) electrons. The van der Waals surface area contributed by atoms with Gasteiger partial charge in [0.25, 0.3) is 0 Å². The van der Waals surface area contributed by atoms with Crippen molar-refractivity contribution in [1.82, 2.24) is 5.32 Å². The molecule has 1 unspecified atom stereocenters. The molecule has 0 aliphatic heterocycles. The highest BCUT2D eigenvalue weighted by molar-refractivity contribution is 5.02. The van der Waals surface area contributed by atoms with Crippen molar-refractivity contribution in [2.75, 3.05) is 20.3 Å². The van der Waals surface area contributed by atoms with Crippen LogP contribution >= 0.6 is 0 Å². The normalized spacial score (nSPS) is 43.3. The number of rotatable bonds is 6. The van der Waals surface area contributed by atoms with Gasteiger partial charge in [-0.15, -0.1) is 0 Å². The van der Waals surface area contributed by atoms with Crippen LogP contribution < -0.4 is 5.32 Å². The molecule has 4 fully saturated rings. The van der Waals surface area contributed by atoms with Crippen molar-refractivity contribution in [3.63, 3.8) is 0 Å². The van der Waals surface area contributed by atoms with Crippen LogP contribution in [0.3, 0.4) is 0 Å². The topological polar surface area (TPSA) is 41.5 Å². The monoisotopic (exact) mass is 253 g/mol. The zero-order valence-corrected chi connectivity index (χ0v) is 11.5. The molecule has 4 bridgehead atoms. The number of aliphatic hydroxyl groups is 1. The van der Waals surface area contributed by atoms with Crippen LogP contribution in [0.1, 0.15) is 38.5 Å². The molecule has 4 aliphatic carbocycles. The zero-order valence-electron chi connectivity index (χ0n) is 11.5. The Labute approximate surface area is 110 Å². The van der Waals surface area contributed by atoms with Gasteiger partial charge < -0.3 is 15.2 Å². The number of hydrogen-bond acceptors (Lipinski definition) is 3. The van der Waals surface area contributed by atoms with Gasteiger partial charge in [0.1, 0.15) is 0 Å². The molecule has 4 aliphatic rings. The average molecular weight is 253 g/mol. The van der Waals surface area contributed by atoms with Gasteiger partial charge in [-0.3, -0.25) is 0 Å². The molecule has 4 rings (SSSR count). The Bertz CT molecular complexity index is 248. The Morgan fingerprint density at radius 3 is 2.22 bits per heavy atom. The molecule has 2 N–H and O–H groups in total. The van der Waals surface area contributed by atoms with Gasteiger partial charge >= 0.3 is 0 Å². The molecule has 1 atom stereocenters. The van der Waals surface area contributed by atoms with Crippen molar-refractivity contribution in [3.8, 4) is 0 Å². The summed E-state index contributed by atoms with van der Waals surface area (Å²) < 4.78 is 5.28. The van der Waals surface area contributed by atoms with Gasteiger partial charge in [-0.2, -0.15) is 0 Å². The van der Waals surface area contributed by atoms with E-state index in [2.05, 4.69) is 5.32 Å². The molecule has 0 aromatic heterocycles. The van der Waals surface area contributed by atoms with E-state index in [1.165, 1.54) is 32.1 Å². The van der Waals surface area contributed by atoms with Crippen LogP contribution in [0.15, 0.2) is 0 Å². The van der Waals surface area contributed by atoms with E-state index >= 15 is 0 Å². The van der Waals surface area contributed by atoms with Crippen LogP contribution in [-0.4, -0.2) is 37.5 Å². The second-order valence-corrected chi connectivity index (χ2v) is 6.79. The minimum atomic E-state index is 0.258. The first kappa shape index (κ1) is 12.9. The SMILES string of the molecule is COCC(CCO)NC1C2CC3CC(C2)CC1C3. The molecule has 0 amide bonds. The van der Waals surface area contributed by atoms with E-state index in [4.69, 9.17) is 9.84 Å². The first-order chi connectivity index (χ1) is 8.80. The Kier molecular flexibility index (Phi) is 3.92. The Morgan fingerprint density at radius 2 is 1.72 bits per heavy atom. The van der Waals surface area contributed by atoms with Crippen molar-refractivity contribution in [1.29, 1.82) is 0 Å². The van der Waals surface area contributed by atoms with Gasteiger partial charge in [-0.25, -0.2) is 0 Å². The Morgan fingerprint density at radius 1 is 1.11 bits per heavy atom. The van der Waals surface area contributed by atoms with E-state index in [9.17, 15) is 0 Å². The van der Waals surface area contributed by atoms with Gasteiger partial charge in [-0.05, 0) is 62.2 Å². The molecule has 18 heavy (non-hydrogen) atoms. The van der Waals surface area contributed by atoms with Crippen molar-refractivity contribution >= 4 is 0 Å². The van der Waals surface area contributed by atoms with Crippen LogP contribution in [0.25, 0.3) is 0 Å². The zero-order chi connectivity index (χ0) is 12.5. The lowest BCUT2D eigenvalue weighted by Gasteiger charge is -2.55. The maximum atomic E-state index is 9.15. The molecule has 0 saturated heterocycles. The molecule has 3 nitrogen and oxygen atoms in total. The highest BCUT2D eigenvalue weighted by atomic mass is 16.5. The lowest BCUT2D eigenvalue weighted by molar-refractivity contribution is -0.0225. The molecule has 0 aromatic rings. The van der Waals surface area contributed by atoms with Gasteiger partial charge in [0, 0.05) is 25.8 Å². The lowest BCUT2D eigenvalue weighted by atomic mass is 9.54. The molecule has 0 spiro atoms. The van der Waals surface area contributed by atoms with Crippen molar-refractivity contribution < 1.29 is 9.84 Å². The minimum Gasteiger partial charge on any atom is -0.396 e. The summed E-state index contributed by atoms with van der Waals surface area (Å²) in [6.07, 6.45) is 8.12. The standard InChI is InChI=1S/C15H27NO2/c1-18-9-14(2-3-17)16-15-12-5-10-4-11(7-12)8-13(15)6-10/h10-17H,2-9H2,1H3. The smallest absolute Gasteiger partial charge is 0.0616 e. The minimum absolute atomic E-state index is 0.258. The maximum Gasteiger partial charge on any atom is 0.0616 e. The van der Waals surface area contributed by atoms with E-state index in [0.717, 1.165) is 36.7 Å². The van der Waals surface area contributed by atoms with Crippen LogP contribution in [0.5, 0.6) is 0 Å². The van der Waals surface area contributed by atoms with Crippen LogP contribution in [0, 0.1) is 23.7 Å². The second kappa shape index (κ2) is 5.48. The maximum absolute atomic E-state index is 9.15. The molecule has 4 saturated carbocycles. The highest BCUT2D eigenvalue weighted by Gasteiger charge is 2.48. The largest absolute Gasteiger partial charge is 0.396 e. The molecule has 3 heteroatoms. The lowest BCUT2D eigenvalue weighted by Crippen LogP contribution is -2.57. The summed E-state index contributed by atoms with van der Waals surface area (Å²) in [6.45, 7) is 0.984. The van der Waals surface area contributed by atoms with E-state index < -0.39 is 0 Å². The fourth-order valence-electron chi connectivity index (χ4n) is 5.04. The summed E-state index contributed by atoms with van der Waals surface area (Å²) in [4.78, 5) is 0. The van der Waals surface area contributed by atoms with Crippen molar-refractivity contribution in [2.24, 2.45) is 23.7 Å². The second-order valence-electron chi connectivity index (χ2n) is 6.79. The molecule has 104 valence electrons. The van der Waals surface area contributed by atoms with Gasteiger partial charge in [0.05, 0.1) is 6.61 Å². The highest BCUT2D eigenvalue weighted by Crippen LogP contribution is 2.53. The van der Waals surface area contributed by atoms with Gasteiger partial charge in [0.2, 0.25) is 0 Å². The summed E-state index contributed by atoms with van der Waals surface area (Å²) in [5.74, 6) is 3.87. The van der Waals surface area contributed by atoms with Crippen molar-refractivity contribution in [2.45, 2.75) is 50.6 Å². The first-order valence-electron chi connectivity index (χ1n) is 7.66. The van der Waals surface area contributed by atoms with E-state index in [1.807, 2.05) is 0 Å². The van der Waals surface area contributed by atoms with Crippen LogP contribution in [0.2, 0.25) is 0 Å². The van der Waals surface area contributed by atoms with Crippen LogP contribution in [-0.2, 0) is 4.74 Å². The van der Waals surface area contributed by atoms with Crippen LogP contribution in [0.4, 0.5) is 0 Å². The summed E-state index contributed by atoms with van der Waals surface area (Å²) in [6, 6.07) is 1.03. The third-order valence-electron chi connectivity index (χ3n) is 5.50. The predicted octanol–water partition coefficient (Wildman–Crippen LogP) is 1.80. The summed E-state index contributed by atoms with van der Waals surface area (Å²) in [5.41, 5.74) is 0. The Hall–Kier alpha value is -0.120. The average Bonchev–Trinajstić information content (AvgIpc) is 2.33. The number of nitrogens with one attached hydrogen (secondary N) is 1. The quantitative estimate of drug-likeness (QED) is 0.758. The summed E-state index contributed by atoms with van der Waals surface area (Å²) >= 11 is 0. The molecular formula is C15H27NO2. The fourth-order valence-corrected chi connectivity index (χ4v) is 5.04. The number of aliphatic hydroxyl groups excluding tert-OH is 1. The predicted molar refractivity (Wildman–Crippen MR) is 71.3 cm³/mol. The summed E-state index contributed by atoms with van der Waals surface area (Å²) in [5, 5.41) is 13.0. The molecule has 0 aromatic carbocycles. The Balaban J connectivity index is 1.61. The molecule has 0 heterocycles.